The Morgan fingerprint density at radius 3 is 2.45 bits per heavy atom. The quantitative estimate of drug-likeness (QED) is 0.910. The third-order valence-corrected chi connectivity index (χ3v) is 2.70. The summed E-state index contributed by atoms with van der Waals surface area (Å²) in [6.45, 7) is 0.0585. The second kappa shape index (κ2) is 6.14. The smallest absolute Gasteiger partial charge is 0.306 e. The van der Waals surface area contributed by atoms with Crippen LogP contribution in [0.1, 0.15) is 6.42 Å². The minimum Gasteiger partial charge on any atom is -0.493 e. The van der Waals surface area contributed by atoms with Crippen LogP contribution in [0.15, 0.2) is 42.5 Å². The van der Waals surface area contributed by atoms with Gasteiger partial charge in [0, 0.05) is 5.56 Å². The van der Waals surface area contributed by atoms with E-state index < -0.39 is 17.6 Å². The van der Waals surface area contributed by atoms with Crippen molar-refractivity contribution in [1.29, 1.82) is 0 Å². The highest BCUT2D eigenvalue weighted by atomic mass is 19.2. The molecule has 0 aliphatic rings. The summed E-state index contributed by atoms with van der Waals surface area (Å²) < 4.78 is 32.0. The Morgan fingerprint density at radius 2 is 1.80 bits per heavy atom. The third-order valence-electron chi connectivity index (χ3n) is 2.70. The molecular formula is C15H12F2O3. The molecule has 0 fully saturated rings. The summed E-state index contributed by atoms with van der Waals surface area (Å²) in [5.41, 5.74) is 0.690. The summed E-state index contributed by atoms with van der Waals surface area (Å²) in [6.07, 6.45) is -0.0969. The van der Waals surface area contributed by atoms with E-state index in [2.05, 4.69) is 0 Å². The molecule has 0 bridgehead atoms. The normalized spacial score (nSPS) is 10.3. The fourth-order valence-corrected chi connectivity index (χ4v) is 1.71. The zero-order chi connectivity index (χ0) is 14.5. The average molecular weight is 278 g/mol. The summed E-state index contributed by atoms with van der Waals surface area (Å²) in [5, 5.41) is 8.48. The zero-order valence-electron chi connectivity index (χ0n) is 10.5. The Balaban J connectivity index is 2.12. The predicted molar refractivity (Wildman–Crippen MR) is 69.5 cm³/mol. The first-order chi connectivity index (χ1) is 9.58. The minimum absolute atomic E-state index is 0.0585. The minimum atomic E-state index is -0.941. The van der Waals surface area contributed by atoms with Gasteiger partial charge in [0.05, 0.1) is 13.0 Å². The van der Waals surface area contributed by atoms with Crippen LogP contribution in [0.4, 0.5) is 8.78 Å². The molecule has 0 atom stereocenters. The molecule has 0 aromatic heterocycles. The number of aliphatic carboxylic acids is 1. The molecule has 2 rings (SSSR count). The van der Waals surface area contributed by atoms with Crippen LogP contribution in [0, 0.1) is 11.6 Å². The van der Waals surface area contributed by atoms with Crippen molar-refractivity contribution in [2.75, 3.05) is 6.61 Å². The van der Waals surface area contributed by atoms with Crippen LogP contribution in [-0.4, -0.2) is 17.7 Å². The predicted octanol–water partition coefficient (Wildman–Crippen LogP) is 3.49. The molecule has 0 aliphatic carbocycles. The fourth-order valence-electron chi connectivity index (χ4n) is 1.71. The molecule has 20 heavy (non-hydrogen) atoms. The molecular weight excluding hydrogens is 266 g/mol. The lowest BCUT2D eigenvalue weighted by Crippen LogP contribution is -2.04. The average Bonchev–Trinajstić information content (AvgIpc) is 2.42. The van der Waals surface area contributed by atoms with Gasteiger partial charge in [-0.1, -0.05) is 24.3 Å². The second-order valence-electron chi connectivity index (χ2n) is 4.12. The molecule has 2 aromatic carbocycles. The lowest BCUT2D eigenvalue weighted by atomic mass is 10.0. The van der Waals surface area contributed by atoms with Crippen molar-refractivity contribution >= 4 is 5.97 Å². The van der Waals surface area contributed by atoms with E-state index in [1.807, 2.05) is 0 Å². The van der Waals surface area contributed by atoms with Crippen LogP contribution in [0.3, 0.4) is 0 Å². The Kier molecular flexibility index (Phi) is 4.30. The maximum absolute atomic E-state index is 13.6. The third kappa shape index (κ3) is 3.32. The first-order valence-electron chi connectivity index (χ1n) is 5.97. The van der Waals surface area contributed by atoms with Crippen molar-refractivity contribution in [2.45, 2.75) is 6.42 Å². The standard InChI is InChI=1S/C15H12F2O3/c16-13-3-1-2-12(15(13)17)10-4-6-11(7-5-10)20-9-8-14(18)19/h1-7H,8-9H2,(H,18,19). The van der Waals surface area contributed by atoms with Gasteiger partial charge in [0.25, 0.3) is 0 Å². The second-order valence-corrected chi connectivity index (χ2v) is 4.12. The molecule has 2 aromatic rings. The van der Waals surface area contributed by atoms with Crippen LogP contribution < -0.4 is 4.74 Å². The van der Waals surface area contributed by atoms with E-state index in [9.17, 15) is 13.6 Å². The lowest BCUT2D eigenvalue weighted by molar-refractivity contribution is -0.137. The monoisotopic (exact) mass is 278 g/mol. The highest BCUT2D eigenvalue weighted by molar-refractivity contribution is 5.67. The zero-order valence-corrected chi connectivity index (χ0v) is 10.5. The van der Waals surface area contributed by atoms with Crippen LogP contribution in [0.5, 0.6) is 5.75 Å². The van der Waals surface area contributed by atoms with E-state index in [0.717, 1.165) is 6.07 Å². The number of hydrogen-bond donors (Lipinski definition) is 1. The molecule has 0 unspecified atom stereocenters. The number of hydrogen-bond acceptors (Lipinski definition) is 2. The van der Waals surface area contributed by atoms with Crippen molar-refractivity contribution in [1.82, 2.24) is 0 Å². The molecule has 3 nitrogen and oxygen atoms in total. The molecule has 104 valence electrons. The molecule has 0 aliphatic heterocycles. The van der Waals surface area contributed by atoms with Gasteiger partial charge in [0.2, 0.25) is 0 Å². The number of halogens is 2. The van der Waals surface area contributed by atoms with Gasteiger partial charge >= 0.3 is 5.97 Å². The van der Waals surface area contributed by atoms with Crippen LogP contribution in [-0.2, 0) is 4.79 Å². The highest BCUT2D eigenvalue weighted by Crippen LogP contribution is 2.26. The van der Waals surface area contributed by atoms with Gasteiger partial charge in [-0.05, 0) is 23.8 Å². The molecule has 0 amide bonds. The van der Waals surface area contributed by atoms with Crippen LogP contribution >= 0.6 is 0 Å². The van der Waals surface area contributed by atoms with Crippen molar-refractivity contribution < 1.29 is 23.4 Å². The van der Waals surface area contributed by atoms with Gasteiger partial charge < -0.3 is 9.84 Å². The van der Waals surface area contributed by atoms with Crippen molar-refractivity contribution in [3.8, 4) is 16.9 Å². The Hall–Kier alpha value is -2.43. The summed E-state index contributed by atoms with van der Waals surface area (Å²) in [7, 11) is 0. The fraction of sp³-hybridized carbons (Fsp3) is 0.133. The van der Waals surface area contributed by atoms with Crippen molar-refractivity contribution in [3.05, 3.63) is 54.1 Å². The molecule has 0 spiro atoms. The van der Waals surface area contributed by atoms with Gasteiger partial charge in [-0.15, -0.1) is 0 Å². The Bertz CT molecular complexity index is 609. The summed E-state index contributed by atoms with van der Waals surface area (Å²) >= 11 is 0. The molecule has 0 saturated carbocycles. The van der Waals surface area contributed by atoms with Gasteiger partial charge in [0.1, 0.15) is 5.75 Å². The van der Waals surface area contributed by atoms with E-state index in [0.29, 0.717) is 11.3 Å². The summed E-state index contributed by atoms with van der Waals surface area (Å²) in [4.78, 5) is 10.3. The molecule has 0 saturated heterocycles. The van der Waals surface area contributed by atoms with E-state index in [1.54, 1.807) is 24.3 Å². The summed E-state index contributed by atoms with van der Waals surface area (Å²) in [6, 6.07) is 10.3. The van der Waals surface area contributed by atoms with Gasteiger partial charge in [-0.3, -0.25) is 4.79 Å². The van der Waals surface area contributed by atoms with E-state index >= 15 is 0 Å². The Morgan fingerprint density at radius 1 is 1.10 bits per heavy atom. The molecule has 1 N–H and O–H groups in total. The topological polar surface area (TPSA) is 46.5 Å². The van der Waals surface area contributed by atoms with Crippen molar-refractivity contribution in [3.63, 3.8) is 0 Å². The van der Waals surface area contributed by atoms with Crippen LogP contribution in [0.25, 0.3) is 11.1 Å². The van der Waals surface area contributed by atoms with Crippen LogP contribution in [0.2, 0.25) is 0 Å². The SMILES string of the molecule is O=C(O)CCOc1ccc(-c2cccc(F)c2F)cc1. The highest BCUT2D eigenvalue weighted by Gasteiger charge is 2.09. The maximum atomic E-state index is 13.6. The first-order valence-corrected chi connectivity index (χ1v) is 5.97. The van der Waals surface area contributed by atoms with Crippen molar-refractivity contribution in [2.24, 2.45) is 0 Å². The first kappa shape index (κ1) is 14.0. The van der Waals surface area contributed by atoms with Gasteiger partial charge in [0.15, 0.2) is 11.6 Å². The van der Waals surface area contributed by atoms with E-state index in [4.69, 9.17) is 9.84 Å². The molecule has 0 heterocycles. The van der Waals surface area contributed by atoms with E-state index in [1.165, 1.54) is 12.1 Å². The van der Waals surface area contributed by atoms with E-state index in [-0.39, 0.29) is 18.6 Å². The number of carboxylic acid groups (broad SMARTS) is 1. The number of ether oxygens (including phenoxy) is 1. The molecule has 0 radical (unpaired) electrons. The number of carboxylic acids is 1. The largest absolute Gasteiger partial charge is 0.493 e. The van der Waals surface area contributed by atoms with Gasteiger partial charge in [-0.25, -0.2) is 8.78 Å². The maximum Gasteiger partial charge on any atom is 0.306 e. The molecule has 5 heteroatoms. The summed E-state index contributed by atoms with van der Waals surface area (Å²) in [5.74, 6) is -2.26. The Labute approximate surface area is 114 Å². The number of rotatable bonds is 5. The number of benzene rings is 2. The lowest BCUT2D eigenvalue weighted by Gasteiger charge is -2.07. The number of carbonyl (C=O) groups is 1. The van der Waals surface area contributed by atoms with Gasteiger partial charge in [-0.2, -0.15) is 0 Å².